The highest BCUT2D eigenvalue weighted by Gasteiger charge is 2.03. The third kappa shape index (κ3) is 1.38. The van der Waals surface area contributed by atoms with Crippen molar-refractivity contribution >= 4 is 27.7 Å². The summed E-state index contributed by atoms with van der Waals surface area (Å²) in [4.78, 5) is 11.9. The lowest BCUT2D eigenvalue weighted by molar-refractivity contribution is 0.112. The van der Waals surface area contributed by atoms with Gasteiger partial charge >= 0.3 is 0 Å². The Morgan fingerprint density at radius 1 is 1.23 bits per heavy atom. The fraction of sp³-hybridized carbons (Fsp3) is 0.182. The zero-order valence-corrected chi connectivity index (χ0v) is 8.44. The highest BCUT2D eigenvalue weighted by atomic mass is 32.1. The van der Waals surface area contributed by atoms with Crippen molar-refractivity contribution < 1.29 is 4.79 Å². The topological polar surface area (TPSA) is 17.1 Å². The number of aryl methyl sites for hydroxylation is 2. The lowest BCUT2D eigenvalue weighted by Crippen LogP contribution is -1.80. The van der Waals surface area contributed by atoms with Gasteiger partial charge in [-0.3, -0.25) is 4.79 Å². The summed E-state index contributed by atoms with van der Waals surface area (Å²) in [5.41, 5.74) is 1.95. The van der Waals surface area contributed by atoms with Crippen molar-refractivity contribution in [3.05, 3.63) is 34.2 Å². The molecule has 2 rings (SSSR count). The average Bonchev–Trinajstić information content (AvgIpc) is 2.46. The number of aldehydes is 1. The van der Waals surface area contributed by atoms with Crippen LogP contribution in [0.5, 0.6) is 0 Å². The van der Waals surface area contributed by atoms with Crippen LogP contribution in [0.25, 0.3) is 10.1 Å². The average molecular weight is 190 g/mol. The monoisotopic (exact) mass is 190 g/mol. The van der Waals surface area contributed by atoms with Crippen LogP contribution in [0.4, 0.5) is 0 Å². The van der Waals surface area contributed by atoms with Crippen LogP contribution in [0.15, 0.2) is 18.2 Å². The van der Waals surface area contributed by atoms with E-state index in [0.717, 1.165) is 11.8 Å². The van der Waals surface area contributed by atoms with Crippen LogP contribution in [0.1, 0.15) is 20.8 Å². The van der Waals surface area contributed by atoms with Crippen LogP contribution in [0.3, 0.4) is 0 Å². The van der Waals surface area contributed by atoms with Gasteiger partial charge < -0.3 is 0 Å². The van der Waals surface area contributed by atoms with E-state index in [-0.39, 0.29) is 0 Å². The van der Waals surface area contributed by atoms with E-state index in [2.05, 4.69) is 13.0 Å². The molecule has 1 heterocycles. The Hall–Kier alpha value is -1.15. The van der Waals surface area contributed by atoms with Gasteiger partial charge in [-0.15, -0.1) is 11.3 Å². The zero-order valence-electron chi connectivity index (χ0n) is 7.63. The Morgan fingerprint density at radius 3 is 2.69 bits per heavy atom. The van der Waals surface area contributed by atoms with Crippen molar-refractivity contribution in [2.24, 2.45) is 0 Å². The number of carbonyl (C=O) groups is 1. The molecule has 0 aliphatic carbocycles. The van der Waals surface area contributed by atoms with Crippen molar-refractivity contribution in [2.75, 3.05) is 0 Å². The van der Waals surface area contributed by atoms with Crippen molar-refractivity contribution in [1.29, 1.82) is 0 Å². The molecular formula is C11H10OS. The van der Waals surface area contributed by atoms with E-state index >= 15 is 0 Å². The first kappa shape index (κ1) is 8.45. The first-order chi connectivity index (χ1) is 6.20. The fourth-order valence-electron chi connectivity index (χ4n) is 1.54. The molecule has 13 heavy (non-hydrogen) atoms. The first-order valence-electron chi connectivity index (χ1n) is 4.16. The Labute approximate surface area is 81.0 Å². The lowest BCUT2D eigenvalue weighted by atomic mass is 10.1. The molecule has 1 aromatic carbocycles. The summed E-state index contributed by atoms with van der Waals surface area (Å²) < 4.78 is 1.21. The van der Waals surface area contributed by atoms with Gasteiger partial charge in [-0.2, -0.15) is 0 Å². The molecule has 0 N–H and O–H groups in total. The maximum atomic E-state index is 10.6. The van der Waals surface area contributed by atoms with Crippen molar-refractivity contribution in [1.82, 2.24) is 0 Å². The molecule has 0 atom stereocenters. The van der Waals surface area contributed by atoms with E-state index in [1.54, 1.807) is 11.3 Å². The summed E-state index contributed by atoms with van der Waals surface area (Å²) in [5.74, 6) is 0. The summed E-state index contributed by atoms with van der Waals surface area (Å²) in [5, 5.41) is 1.27. The summed E-state index contributed by atoms with van der Waals surface area (Å²) in [6.07, 6.45) is 0.904. The minimum atomic E-state index is 0.770. The van der Waals surface area contributed by atoms with Gasteiger partial charge in [0, 0.05) is 15.1 Å². The summed E-state index contributed by atoms with van der Waals surface area (Å²) >= 11 is 1.74. The van der Waals surface area contributed by atoms with E-state index < -0.39 is 0 Å². The molecule has 0 saturated carbocycles. The molecule has 0 spiro atoms. The molecule has 66 valence electrons. The van der Waals surface area contributed by atoms with Gasteiger partial charge in [-0.1, -0.05) is 0 Å². The van der Waals surface area contributed by atoms with Crippen molar-refractivity contribution in [3.63, 3.8) is 0 Å². The minimum absolute atomic E-state index is 0.770. The third-order valence-corrected chi connectivity index (χ3v) is 3.12. The number of fused-ring (bicyclic) bond motifs is 1. The molecule has 0 bridgehead atoms. The number of carbonyl (C=O) groups excluding carboxylic acids is 1. The molecule has 1 aromatic heterocycles. The molecule has 0 aliphatic heterocycles. The second kappa shape index (κ2) is 2.96. The summed E-state index contributed by atoms with van der Waals surface area (Å²) in [6, 6.07) is 6.05. The quantitative estimate of drug-likeness (QED) is 0.630. The number of hydrogen-bond acceptors (Lipinski definition) is 2. The first-order valence-corrected chi connectivity index (χ1v) is 4.98. The van der Waals surface area contributed by atoms with Gasteiger partial charge in [-0.25, -0.2) is 0 Å². The Bertz CT molecular complexity index is 468. The van der Waals surface area contributed by atoms with Gasteiger partial charge in [0.1, 0.15) is 6.29 Å². The van der Waals surface area contributed by atoms with Crippen molar-refractivity contribution in [2.45, 2.75) is 13.8 Å². The standard InChI is InChI=1S/C11H10OS/c1-7-3-9(6-12)5-11-10(7)4-8(2)13-11/h3-6H,1-2H3. The SMILES string of the molecule is Cc1cc2c(C)cc(C=O)cc2s1. The molecule has 2 heteroatoms. The van der Waals surface area contributed by atoms with E-state index in [9.17, 15) is 4.79 Å². The maximum absolute atomic E-state index is 10.6. The Kier molecular flexibility index (Phi) is 1.93. The van der Waals surface area contributed by atoms with Crippen molar-refractivity contribution in [3.8, 4) is 0 Å². The van der Waals surface area contributed by atoms with Crippen LogP contribution in [-0.2, 0) is 0 Å². The van der Waals surface area contributed by atoms with Crippen LogP contribution in [0.2, 0.25) is 0 Å². The van der Waals surface area contributed by atoms with Crippen LogP contribution >= 0.6 is 11.3 Å². The molecule has 0 radical (unpaired) electrons. The number of hydrogen-bond donors (Lipinski definition) is 0. The van der Waals surface area contributed by atoms with Gasteiger partial charge in [0.15, 0.2) is 0 Å². The zero-order chi connectivity index (χ0) is 9.42. The summed E-state index contributed by atoms with van der Waals surface area (Å²) in [6.45, 7) is 4.13. The van der Waals surface area contributed by atoms with Crippen LogP contribution < -0.4 is 0 Å². The molecule has 1 nitrogen and oxygen atoms in total. The highest BCUT2D eigenvalue weighted by Crippen LogP contribution is 2.28. The van der Waals surface area contributed by atoms with Gasteiger partial charge in [0.25, 0.3) is 0 Å². The second-order valence-electron chi connectivity index (χ2n) is 3.22. The molecule has 0 saturated heterocycles. The fourth-order valence-corrected chi connectivity index (χ4v) is 2.59. The Balaban J connectivity index is 2.82. The predicted octanol–water partition coefficient (Wildman–Crippen LogP) is 3.33. The van der Waals surface area contributed by atoms with E-state index in [4.69, 9.17) is 0 Å². The van der Waals surface area contributed by atoms with E-state index in [1.807, 2.05) is 19.1 Å². The van der Waals surface area contributed by atoms with Crippen LogP contribution in [-0.4, -0.2) is 6.29 Å². The third-order valence-electron chi connectivity index (χ3n) is 2.13. The maximum Gasteiger partial charge on any atom is 0.150 e. The normalized spacial score (nSPS) is 10.6. The van der Waals surface area contributed by atoms with E-state index in [1.165, 1.54) is 20.5 Å². The minimum Gasteiger partial charge on any atom is -0.298 e. The molecule has 0 unspecified atom stereocenters. The highest BCUT2D eigenvalue weighted by molar-refractivity contribution is 7.19. The van der Waals surface area contributed by atoms with E-state index in [0.29, 0.717) is 0 Å². The Morgan fingerprint density at radius 2 is 2.00 bits per heavy atom. The predicted molar refractivity (Wildman–Crippen MR) is 56.7 cm³/mol. The molecule has 0 aliphatic rings. The summed E-state index contributed by atoms with van der Waals surface area (Å²) in [7, 11) is 0. The number of benzene rings is 1. The molecular weight excluding hydrogens is 180 g/mol. The van der Waals surface area contributed by atoms with Gasteiger partial charge in [0.05, 0.1) is 0 Å². The molecule has 2 aromatic rings. The van der Waals surface area contributed by atoms with Crippen LogP contribution in [0, 0.1) is 13.8 Å². The van der Waals surface area contributed by atoms with Gasteiger partial charge in [-0.05, 0) is 43.0 Å². The number of rotatable bonds is 1. The molecule has 0 fully saturated rings. The molecule has 0 amide bonds. The number of thiophene rings is 1. The lowest BCUT2D eigenvalue weighted by Gasteiger charge is -1.96. The smallest absolute Gasteiger partial charge is 0.150 e. The second-order valence-corrected chi connectivity index (χ2v) is 4.51. The van der Waals surface area contributed by atoms with Gasteiger partial charge in [0.2, 0.25) is 0 Å². The largest absolute Gasteiger partial charge is 0.298 e.